The van der Waals surface area contributed by atoms with Crippen molar-refractivity contribution in [3.05, 3.63) is 64.6 Å². The largest absolute Gasteiger partial charge is 0.508 e. The number of hydrogen-bond acceptors (Lipinski definition) is 7. The Hall–Kier alpha value is -3.81. The molecule has 0 unspecified atom stereocenters. The minimum atomic E-state index is -0.677. The summed E-state index contributed by atoms with van der Waals surface area (Å²) in [6, 6.07) is 9.25. The SMILES string of the molecule is COC(=O)c1ccc(O)c2c1CN(c1ccc(-c3ccn(C45C[C@H]6C[C@@H](C4)C[C@@H](C5)C6)c3C)c(C(=O)OC(C)(C)C)n1)CC2. The first-order chi connectivity index (χ1) is 20.9. The second kappa shape index (κ2) is 10.4. The first-order valence-electron chi connectivity index (χ1n) is 16.0. The molecule has 44 heavy (non-hydrogen) atoms. The van der Waals surface area contributed by atoms with E-state index in [2.05, 4.69) is 23.8 Å². The molecule has 0 amide bonds. The molecule has 4 saturated carbocycles. The lowest BCUT2D eigenvalue weighted by Crippen LogP contribution is -2.51. The molecule has 4 aliphatic carbocycles. The number of hydrogen-bond donors (Lipinski definition) is 1. The highest BCUT2D eigenvalue weighted by molar-refractivity contribution is 5.96. The number of aromatic nitrogens is 2. The van der Waals surface area contributed by atoms with Gasteiger partial charge in [0.1, 0.15) is 17.2 Å². The quantitative estimate of drug-likeness (QED) is 0.324. The zero-order chi connectivity index (χ0) is 31.0. The highest BCUT2D eigenvalue weighted by Crippen LogP contribution is 2.59. The molecule has 8 heteroatoms. The Kier molecular flexibility index (Phi) is 6.83. The van der Waals surface area contributed by atoms with Crippen molar-refractivity contribution in [2.24, 2.45) is 17.8 Å². The molecule has 4 bridgehead atoms. The number of benzene rings is 1. The third-order valence-electron chi connectivity index (χ3n) is 10.5. The summed E-state index contributed by atoms with van der Waals surface area (Å²) in [6.07, 6.45) is 10.7. The number of phenols is 1. The number of methoxy groups -OCH3 is 1. The lowest BCUT2D eigenvalue weighted by molar-refractivity contribution is -0.0437. The molecule has 1 N–H and O–H groups in total. The molecule has 0 saturated heterocycles. The normalized spacial score (nSPS) is 25.6. The van der Waals surface area contributed by atoms with Gasteiger partial charge in [-0.15, -0.1) is 0 Å². The fraction of sp³-hybridized carbons (Fsp3) is 0.528. The number of esters is 2. The monoisotopic (exact) mass is 597 g/mol. The van der Waals surface area contributed by atoms with Crippen molar-refractivity contribution in [3.63, 3.8) is 0 Å². The smallest absolute Gasteiger partial charge is 0.358 e. The molecule has 3 heterocycles. The second-order valence-electron chi connectivity index (χ2n) is 14.6. The summed E-state index contributed by atoms with van der Waals surface area (Å²) in [4.78, 5) is 33.3. The van der Waals surface area contributed by atoms with E-state index in [0.717, 1.165) is 40.0 Å². The van der Waals surface area contributed by atoms with E-state index in [9.17, 15) is 14.7 Å². The van der Waals surface area contributed by atoms with E-state index in [0.29, 0.717) is 36.6 Å². The standard InChI is InChI=1S/C36H43N3O5/c1-21-25(11-13-39(21)36-17-22-14-23(18-36)16-24(15-22)19-36)27-7-9-31(37-32(27)34(42)44-35(2,3)4)38-12-10-26-29(20-38)28(33(41)43-5)6-8-30(26)40/h6-9,11,13,22-24,40H,10,12,14-20H2,1-5H3/t22-,23+,24-,36?. The van der Waals surface area contributed by atoms with Crippen LogP contribution in [0.3, 0.4) is 0 Å². The van der Waals surface area contributed by atoms with Crippen LogP contribution in [0.25, 0.3) is 11.1 Å². The summed E-state index contributed by atoms with van der Waals surface area (Å²) in [7, 11) is 1.36. The number of carbonyl (C=O) groups is 2. The molecule has 1 aromatic carbocycles. The van der Waals surface area contributed by atoms with Gasteiger partial charge in [-0.1, -0.05) is 0 Å². The van der Waals surface area contributed by atoms with Gasteiger partial charge in [0, 0.05) is 47.2 Å². The number of rotatable bonds is 5. The van der Waals surface area contributed by atoms with Crippen molar-refractivity contribution in [2.75, 3.05) is 18.6 Å². The molecule has 0 spiro atoms. The van der Waals surface area contributed by atoms with E-state index in [1.165, 1.54) is 51.3 Å². The van der Waals surface area contributed by atoms with Gasteiger partial charge in [0.2, 0.25) is 0 Å². The lowest BCUT2D eigenvalue weighted by atomic mass is 9.53. The first-order valence-corrected chi connectivity index (χ1v) is 16.0. The van der Waals surface area contributed by atoms with E-state index < -0.39 is 17.5 Å². The Morgan fingerprint density at radius 2 is 1.61 bits per heavy atom. The van der Waals surface area contributed by atoms with Crippen LogP contribution in [0.2, 0.25) is 0 Å². The fourth-order valence-electron chi connectivity index (χ4n) is 9.15. The molecule has 0 atom stereocenters. The van der Waals surface area contributed by atoms with Crippen LogP contribution < -0.4 is 4.90 Å². The minimum Gasteiger partial charge on any atom is -0.508 e. The Balaban J connectivity index is 1.27. The summed E-state index contributed by atoms with van der Waals surface area (Å²) in [6.45, 7) is 8.72. The van der Waals surface area contributed by atoms with Crippen LogP contribution in [0, 0.1) is 24.7 Å². The predicted molar refractivity (Wildman–Crippen MR) is 168 cm³/mol. The van der Waals surface area contributed by atoms with E-state index >= 15 is 0 Å². The number of nitrogens with zero attached hydrogens (tertiary/aromatic N) is 3. The average molecular weight is 598 g/mol. The Morgan fingerprint density at radius 1 is 0.932 bits per heavy atom. The Labute approximate surface area is 259 Å². The maximum Gasteiger partial charge on any atom is 0.358 e. The fourth-order valence-corrected chi connectivity index (χ4v) is 9.15. The molecule has 3 aromatic rings. The van der Waals surface area contributed by atoms with Gasteiger partial charge in [0.25, 0.3) is 0 Å². The maximum absolute atomic E-state index is 13.8. The third-order valence-corrected chi connectivity index (χ3v) is 10.5. The summed E-state index contributed by atoms with van der Waals surface area (Å²) < 4.78 is 13.4. The van der Waals surface area contributed by atoms with Crippen LogP contribution >= 0.6 is 0 Å². The van der Waals surface area contributed by atoms with E-state index in [4.69, 9.17) is 14.5 Å². The molecule has 8 rings (SSSR count). The average Bonchev–Trinajstić information content (AvgIpc) is 3.36. The van der Waals surface area contributed by atoms with Crippen molar-refractivity contribution < 1.29 is 24.2 Å². The number of ether oxygens (including phenoxy) is 2. The minimum absolute atomic E-state index is 0.170. The van der Waals surface area contributed by atoms with Gasteiger partial charge in [-0.25, -0.2) is 14.6 Å². The molecular formula is C36H43N3O5. The Morgan fingerprint density at radius 3 is 2.25 bits per heavy atom. The van der Waals surface area contributed by atoms with Crippen LogP contribution in [0.15, 0.2) is 36.5 Å². The van der Waals surface area contributed by atoms with Crippen LogP contribution in [-0.2, 0) is 28.0 Å². The summed E-state index contributed by atoms with van der Waals surface area (Å²) >= 11 is 0. The maximum atomic E-state index is 13.8. The second-order valence-corrected chi connectivity index (χ2v) is 14.6. The Bertz CT molecular complexity index is 1610. The number of aromatic hydroxyl groups is 1. The van der Waals surface area contributed by atoms with E-state index in [-0.39, 0.29) is 11.3 Å². The number of phenolic OH excluding ortho intramolecular Hbond substituents is 1. The molecular weight excluding hydrogens is 554 g/mol. The first kappa shape index (κ1) is 28.9. The zero-order valence-electron chi connectivity index (χ0n) is 26.5. The summed E-state index contributed by atoms with van der Waals surface area (Å²) in [5, 5.41) is 10.5. The molecule has 0 radical (unpaired) electrons. The van der Waals surface area contributed by atoms with E-state index in [1.807, 2.05) is 37.8 Å². The topological polar surface area (TPSA) is 93.9 Å². The summed E-state index contributed by atoms with van der Waals surface area (Å²) in [5.74, 6) is 2.39. The van der Waals surface area contributed by atoms with Gasteiger partial charge in [-0.05, 0) is 126 Å². The molecule has 5 aliphatic rings. The highest BCUT2D eigenvalue weighted by atomic mass is 16.6. The number of carbonyl (C=O) groups excluding carboxylic acids is 2. The van der Waals surface area contributed by atoms with Crippen LogP contribution in [-0.4, -0.2) is 45.9 Å². The van der Waals surface area contributed by atoms with Crippen molar-refractivity contribution >= 4 is 17.8 Å². The number of fused-ring (bicyclic) bond motifs is 1. The molecule has 232 valence electrons. The van der Waals surface area contributed by atoms with Crippen molar-refractivity contribution in [1.82, 2.24) is 9.55 Å². The van der Waals surface area contributed by atoms with Gasteiger partial charge < -0.3 is 24.0 Å². The van der Waals surface area contributed by atoms with Crippen LogP contribution in [0.5, 0.6) is 5.75 Å². The molecule has 8 nitrogen and oxygen atoms in total. The van der Waals surface area contributed by atoms with Gasteiger partial charge in [-0.2, -0.15) is 0 Å². The van der Waals surface area contributed by atoms with Crippen molar-refractivity contribution in [3.8, 4) is 16.9 Å². The molecule has 2 aromatic heterocycles. The number of pyridine rings is 1. The lowest BCUT2D eigenvalue weighted by Gasteiger charge is -2.57. The van der Waals surface area contributed by atoms with Gasteiger partial charge in [-0.3, -0.25) is 0 Å². The van der Waals surface area contributed by atoms with Gasteiger partial charge >= 0.3 is 11.9 Å². The highest BCUT2D eigenvalue weighted by Gasteiger charge is 2.52. The summed E-state index contributed by atoms with van der Waals surface area (Å²) in [5.41, 5.74) is 4.65. The van der Waals surface area contributed by atoms with Crippen molar-refractivity contribution in [2.45, 2.75) is 90.3 Å². The van der Waals surface area contributed by atoms with Crippen LogP contribution in [0.1, 0.15) is 97.0 Å². The molecule has 1 aliphatic heterocycles. The van der Waals surface area contributed by atoms with E-state index in [1.54, 1.807) is 12.1 Å². The number of anilines is 1. The van der Waals surface area contributed by atoms with Crippen molar-refractivity contribution in [1.29, 1.82) is 0 Å². The third kappa shape index (κ3) is 4.87. The zero-order valence-corrected chi connectivity index (χ0v) is 26.5. The predicted octanol–water partition coefficient (Wildman–Crippen LogP) is 6.79. The van der Waals surface area contributed by atoms with Gasteiger partial charge in [0.15, 0.2) is 5.69 Å². The van der Waals surface area contributed by atoms with Crippen LogP contribution in [0.4, 0.5) is 5.82 Å². The molecule has 4 fully saturated rings. The van der Waals surface area contributed by atoms with Gasteiger partial charge in [0.05, 0.1) is 12.7 Å².